The van der Waals surface area contributed by atoms with E-state index in [4.69, 9.17) is 0 Å². The molecule has 0 aromatic carbocycles. The Morgan fingerprint density at radius 1 is 1.28 bits per heavy atom. The number of nitrogens with zero attached hydrogens (tertiary/aromatic N) is 5. The number of rotatable bonds is 6. The van der Waals surface area contributed by atoms with E-state index in [1.165, 1.54) is 5.82 Å². The van der Waals surface area contributed by atoms with Gasteiger partial charge in [0.05, 0.1) is 0 Å². The van der Waals surface area contributed by atoms with E-state index >= 15 is 0 Å². The van der Waals surface area contributed by atoms with Crippen LogP contribution >= 0.6 is 0 Å². The standard InChI is InChI=1S/C19H29N5O/c1-21(2)10-5-12-23-15-9-20-18(23)16-7-13-24(14-8-16)19(25)17-6-4-11-22(17)3/h4,6,9,11,15-16H,5,7-8,10,12-14H2,1-3H3. The summed E-state index contributed by atoms with van der Waals surface area (Å²) >= 11 is 0. The lowest BCUT2D eigenvalue weighted by atomic mass is 9.95. The van der Waals surface area contributed by atoms with Crippen LogP contribution in [0.4, 0.5) is 0 Å². The molecule has 0 N–H and O–H groups in total. The zero-order valence-electron chi connectivity index (χ0n) is 15.6. The van der Waals surface area contributed by atoms with Crippen LogP contribution in [0.1, 0.15) is 41.5 Å². The first-order valence-corrected chi connectivity index (χ1v) is 9.12. The van der Waals surface area contributed by atoms with E-state index in [9.17, 15) is 4.79 Å². The van der Waals surface area contributed by atoms with Crippen LogP contribution in [-0.2, 0) is 13.6 Å². The fraction of sp³-hybridized carbons (Fsp3) is 0.579. The summed E-state index contributed by atoms with van der Waals surface area (Å²) in [5.41, 5.74) is 0.767. The van der Waals surface area contributed by atoms with Crippen molar-refractivity contribution in [2.24, 2.45) is 7.05 Å². The summed E-state index contributed by atoms with van der Waals surface area (Å²) < 4.78 is 4.19. The molecule has 1 saturated heterocycles. The Morgan fingerprint density at radius 3 is 2.68 bits per heavy atom. The normalized spacial score (nSPS) is 15.9. The van der Waals surface area contributed by atoms with E-state index in [2.05, 4.69) is 34.7 Å². The van der Waals surface area contributed by atoms with Gasteiger partial charge in [-0.15, -0.1) is 0 Å². The number of aryl methyl sites for hydroxylation is 2. The van der Waals surface area contributed by atoms with Gasteiger partial charge in [0.15, 0.2) is 0 Å². The molecule has 2 aromatic rings. The van der Waals surface area contributed by atoms with Crippen molar-refractivity contribution in [1.82, 2.24) is 23.9 Å². The molecule has 0 unspecified atom stereocenters. The number of aromatic nitrogens is 3. The highest BCUT2D eigenvalue weighted by Crippen LogP contribution is 2.27. The lowest BCUT2D eigenvalue weighted by molar-refractivity contribution is 0.0700. The van der Waals surface area contributed by atoms with Crippen molar-refractivity contribution in [1.29, 1.82) is 0 Å². The summed E-state index contributed by atoms with van der Waals surface area (Å²) in [5.74, 6) is 1.77. The molecule has 0 atom stereocenters. The van der Waals surface area contributed by atoms with Gasteiger partial charge in [-0.25, -0.2) is 4.98 Å². The zero-order valence-corrected chi connectivity index (χ0v) is 15.6. The molecule has 0 saturated carbocycles. The summed E-state index contributed by atoms with van der Waals surface area (Å²) in [6.45, 7) is 3.70. The second-order valence-corrected chi connectivity index (χ2v) is 7.21. The second kappa shape index (κ2) is 7.87. The van der Waals surface area contributed by atoms with Crippen molar-refractivity contribution in [2.45, 2.75) is 31.7 Å². The topological polar surface area (TPSA) is 46.3 Å². The predicted molar refractivity (Wildman–Crippen MR) is 98.7 cm³/mol. The minimum Gasteiger partial charge on any atom is -0.347 e. The average Bonchev–Trinajstić information content (AvgIpc) is 3.23. The Morgan fingerprint density at radius 2 is 2.04 bits per heavy atom. The van der Waals surface area contributed by atoms with Crippen LogP contribution in [0.5, 0.6) is 0 Å². The third-order valence-corrected chi connectivity index (χ3v) is 5.06. The van der Waals surface area contributed by atoms with Crippen molar-refractivity contribution in [3.8, 4) is 0 Å². The fourth-order valence-electron chi connectivity index (χ4n) is 3.61. The first-order valence-electron chi connectivity index (χ1n) is 9.12. The fourth-order valence-corrected chi connectivity index (χ4v) is 3.61. The number of imidazole rings is 1. The lowest BCUT2D eigenvalue weighted by Gasteiger charge is -2.32. The third kappa shape index (κ3) is 4.12. The van der Waals surface area contributed by atoms with Gasteiger partial charge in [-0.05, 0) is 52.0 Å². The molecule has 0 aliphatic carbocycles. The van der Waals surface area contributed by atoms with Crippen LogP contribution in [0.2, 0.25) is 0 Å². The molecule has 6 heteroatoms. The van der Waals surface area contributed by atoms with E-state index in [1.807, 2.05) is 41.0 Å². The summed E-state index contributed by atoms with van der Waals surface area (Å²) in [4.78, 5) is 21.4. The molecule has 0 radical (unpaired) electrons. The molecule has 1 aliphatic rings. The minimum atomic E-state index is 0.139. The van der Waals surface area contributed by atoms with Gasteiger partial charge < -0.3 is 18.9 Å². The van der Waals surface area contributed by atoms with E-state index in [0.29, 0.717) is 5.92 Å². The molecule has 1 fully saturated rings. The summed E-state index contributed by atoms with van der Waals surface area (Å²) in [7, 11) is 6.13. The number of carbonyl (C=O) groups excluding carboxylic acids is 1. The minimum absolute atomic E-state index is 0.139. The van der Waals surface area contributed by atoms with Crippen molar-refractivity contribution in [3.63, 3.8) is 0 Å². The molecule has 0 spiro atoms. The number of amides is 1. The number of hydrogen-bond acceptors (Lipinski definition) is 3. The lowest BCUT2D eigenvalue weighted by Crippen LogP contribution is -2.39. The Bertz CT molecular complexity index is 694. The maximum Gasteiger partial charge on any atom is 0.270 e. The predicted octanol–water partition coefficient (Wildman–Crippen LogP) is 2.19. The average molecular weight is 343 g/mol. The Hall–Kier alpha value is -2.08. The summed E-state index contributed by atoms with van der Waals surface area (Å²) in [6, 6.07) is 3.82. The van der Waals surface area contributed by atoms with Gasteiger partial charge in [-0.2, -0.15) is 0 Å². The molecular weight excluding hydrogens is 314 g/mol. The van der Waals surface area contributed by atoms with Crippen LogP contribution in [0, 0.1) is 0 Å². The highest BCUT2D eigenvalue weighted by Gasteiger charge is 2.27. The third-order valence-electron chi connectivity index (χ3n) is 5.06. The number of carbonyl (C=O) groups is 1. The van der Waals surface area contributed by atoms with E-state index in [1.54, 1.807) is 0 Å². The maximum absolute atomic E-state index is 12.6. The Labute approximate surface area is 150 Å². The van der Waals surface area contributed by atoms with Gasteiger partial charge >= 0.3 is 0 Å². The Balaban J connectivity index is 1.57. The number of hydrogen-bond donors (Lipinski definition) is 0. The molecule has 6 nitrogen and oxygen atoms in total. The van der Waals surface area contributed by atoms with Crippen LogP contribution < -0.4 is 0 Å². The van der Waals surface area contributed by atoms with Crippen molar-refractivity contribution in [2.75, 3.05) is 33.7 Å². The number of likely N-dealkylation sites (tertiary alicyclic amines) is 1. The molecule has 2 aromatic heterocycles. The SMILES string of the molecule is CN(C)CCCn1ccnc1C1CCN(C(=O)c2cccn2C)CC1. The monoisotopic (exact) mass is 343 g/mol. The first-order chi connectivity index (χ1) is 12.1. The highest BCUT2D eigenvalue weighted by molar-refractivity contribution is 5.92. The van der Waals surface area contributed by atoms with Gasteiger partial charge in [0.25, 0.3) is 5.91 Å². The van der Waals surface area contributed by atoms with Crippen LogP contribution in [0.15, 0.2) is 30.7 Å². The van der Waals surface area contributed by atoms with Crippen molar-refractivity contribution >= 4 is 5.91 Å². The van der Waals surface area contributed by atoms with E-state index in [0.717, 1.165) is 51.1 Å². The summed E-state index contributed by atoms with van der Waals surface area (Å²) in [5, 5.41) is 0. The van der Waals surface area contributed by atoms with Crippen molar-refractivity contribution < 1.29 is 4.79 Å². The molecular formula is C19H29N5O. The Kier molecular flexibility index (Phi) is 5.58. The zero-order chi connectivity index (χ0) is 17.8. The van der Waals surface area contributed by atoms with Gasteiger partial charge in [-0.3, -0.25) is 4.79 Å². The molecule has 25 heavy (non-hydrogen) atoms. The van der Waals surface area contributed by atoms with Crippen LogP contribution in [-0.4, -0.2) is 63.6 Å². The van der Waals surface area contributed by atoms with Gasteiger partial charge in [0.2, 0.25) is 0 Å². The van der Waals surface area contributed by atoms with E-state index in [-0.39, 0.29) is 5.91 Å². The second-order valence-electron chi connectivity index (χ2n) is 7.21. The molecule has 136 valence electrons. The number of piperidine rings is 1. The first kappa shape index (κ1) is 17.7. The van der Waals surface area contributed by atoms with Crippen molar-refractivity contribution in [3.05, 3.63) is 42.2 Å². The van der Waals surface area contributed by atoms with Gasteiger partial charge in [0, 0.05) is 51.2 Å². The maximum atomic E-state index is 12.6. The summed E-state index contributed by atoms with van der Waals surface area (Å²) in [6.07, 6.45) is 9.02. The molecule has 0 bridgehead atoms. The smallest absolute Gasteiger partial charge is 0.270 e. The molecule has 3 heterocycles. The molecule has 1 aliphatic heterocycles. The van der Waals surface area contributed by atoms with Crippen LogP contribution in [0.25, 0.3) is 0 Å². The molecule has 3 rings (SSSR count). The van der Waals surface area contributed by atoms with Crippen LogP contribution in [0.3, 0.4) is 0 Å². The highest BCUT2D eigenvalue weighted by atomic mass is 16.2. The van der Waals surface area contributed by atoms with Gasteiger partial charge in [-0.1, -0.05) is 0 Å². The largest absolute Gasteiger partial charge is 0.347 e. The van der Waals surface area contributed by atoms with E-state index < -0.39 is 0 Å². The molecule has 1 amide bonds. The van der Waals surface area contributed by atoms with Gasteiger partial charge in [0.1, 0.15) is 11.5 Å². The quantitative estimate of drug-likeness (QED) is 0.808.